The lowest BCUT2D eigenvalue weighted by atomic mass is 9.84. The number of hydrogen-bond donors (Lipinski definition) is 2. The Hall–Kier alpha value is -2.07. The van der Waals surface area contributed by atoms with Crippen molar-refractivity contribution in [3.8, 4) is 0 Å². The standard InChI is InChI=1S/C14H9NO2S/c15-10-6-5-9-11(14(10)18)13(17)8-4-2-1-3-7(8)12(9)16/h1-6,18H,15H2. The van der Waals surface area contributed by atoms with Crippen LogP contribution in [0.1, 0.15) is 31.8 Å². The van der Waals surface area contributed by atoms with E-state index < -0.39 is 0 Å². The fraction of sp³-hybridized carbons (Fsp3) is 0. The summed E-state index contributed by atoms with van der Waals surface area (Å²) >= 11 is 4.24. The van der Waals surface area contributed by atoms with E-state index in [9.17, 15) is 9.59 Å². The highest BCUT2D eigenvalue weighted by Crippen LogP contribution is 2.33. The minimum absolute atomic E-state index is 0.157. The van der Waals surface area contributed by atoms with Gasteiger partial charge in [-0.05, 0) is 12.1 Å². The van der Waals surface area contributed by atoms with E-state index in [2.05, 4.69) is 12.6 Å². The second kappa shape index (κ2) is 3.71. The molecule has 0 spiro atoms. The molecule has 0 aromatic heterocycles. The van der Waals surface area contributed by atoms with E-state index in [1.54, 1.807) is 36.4 Å². The van der Waals surface area contributed by atoms with Gasteiger partial charge in [0.1, 0.15) is 0 Å². The second-order valence-corrected chi connectivity index (χ2v) is 4.58. The lowest BCUT2D eigenvalue weighted by Crippen LogP contribution is -2.21. The Kier molecular flexibility index (Phi) is 2.28. The van der Waals surface area contributed by atoms with Gasteiger partial charge in [-0.25, -0.2) is 0 Å². The number of nitrogens with two attached hydrogens (primary N) is 1. The van der Waals surface area contributed by atoms with Gasteiger partial charge in [-0.2, -0.15) is 0 Å². The van der Waals surface area contributed by atoms with E-state index in [1.807, 2.05) is 0 Å². The zero-order chi connectivity index (χ0) is 12.9. The van der Waals surface area contributed by atoms with Gasteiger partial charge in [0.25, 0.3) is 0 Å². The largest absolute Gasteiger partial charge is 0.398 e. The number of anilines is 1. The van der Waals surface area contributed by atoms with Crippen LogP contribution in [0.4, 0.5) is 5.69 Å². The van der Waals surface area contributed by atoms with Crippen molar-refractivity contribution in [3.63, 3.8) is 0 Å². The van der Waals surface area contributed by atoms with Crippen molar-refractivity contribution in [1.29, 1.82) is 0 Å². The maximum Gasteiger partial charge on any atom is 0.195 e. The summed E-state index contributed by atoms with van der Waals surface area (Å²) in [5.41, 5.74) is 7.66. The number of ketones is 2. The first-order chi connectivity index (χ1) is 8.61. The van der Waals surface area contributed by atoms with Crippen molar-refractivity contribution >= 4 is 29.9 Å². The Labute approximate surface area is 109 Å². The van der Waals surface area contributed by atoms with Crippen LogP contribution in [0.25, 0.3) is 0 Å². The SMILES string of the molecule is Nc1ccc2c(c1S)C(=O)c1ccccc1C2=O. The fourth-order valence-electron chi connectivity index (χ4n) is 2.19. The molecule has 2 aromatic carbocycles. The molecule has 1 aliphatic carbocycles. The Bertz CT molecular complexity index is 707. The molecule has 2 N–H and O–H groups in total. The summed E-state index contributed by atoms with van der Waals surface area (Å²) in [5.74, 6) is -0.354. The zero-order valence-corrected chi connectivity index (χ0v) is 10.2. The zero-order valence-electron chi connectivity index (χ0n) is 9.31. The van der Waals surface area contributed by atoms with Gasteiger partial charge in [-0.1, -0.05) is 24.3 Å². The third kappa shape index (κ3) is 1.32. The third-order valence-electron chi connectivity index (χ3n) is 3.10. The molecule has 0 heterocycles. The normalized spacial score (nSPS) is 13.2. The Morgan fingerprint density at radius 1 is 0.833 bits per heavy atom. The summed E-state index contributed by atoms with van der Waals surface area (Å²) in [4.78, 5) is 25.0. The molecular formula is C14H9NO2S. The predicted molar refractivity (Wildman–Crippen MR) is 71.4 cm³/mol. The predicted octanol–water partition coefficient (Wildman–Crippen LogP) is 2.33. The minimum Gasteiger partial charge on any atom is -0.398 e. The topological polar surface area (TPSA) is 60.2 Å². The highest BCUT2D eigenvalue weighted by molar-refractivity contribution is 7.80. The quantitative estimate of drug-likeness (QED) is 0.479. The summed E-state index contributed by atoms with van der Waals surface area (Å²) in [6.07, 6.45) is 0. The van der Waals surface area contributed by atoms with Crippen LogP contribution >= 0.6 is 12.6 Å². The lowest BCUT2D eigenvalue weighted by Gasteiger charge is -2.19. The maximum atomic E-state index is 12.4. The minimum atomic E-state index is -0.197. The van der Waals surface area contributed by atoms with Crippen LogP contribution in [0.3, 0.4) is 0 Å². The van der Waals surface area contributed by atoms with E-state index in [0.29, 0.717) is 32.8 Å². The number of nitrogen functional groups attached to an aromatic ring is 1. The molecule has 88 valence electrons. The molecule has 0 radical (unpaired) electrons. The first-order valence-corrected chi connectivity index (χ1v) is 5.86. The smallest absolute Gasteiger partial charge is 0.195 e. The molecule has 0 saturated heterocycles. The number of hydrogen-bond acceptors (Lipinski definition) is 4. The van der Waals surface area contributed by atoms with Crippen LogP contribution in [-0.2, 0) is 0 Å². The monoisotopic (exact) mass is 255 g/mol. The Morgan fingerprint density at radius 2 is 1.44 bits per heavy atom. The molecule has 3 rings (SSSR count). The van der Waals surface area contributed by atoms with Crippen molar-refractivity contribution in [1.82, 2.24) is 0 Å². The van der Waals surface area contributed by atoms with Crippen LogP contribution < -0.4 is 5.73 Å². The summed E-state index contributed by atoms with van der Waals surface area (Å²) in [5, 5.41) is 0. The van der Waals surface area contributed by atoms with E-state index in [1.165, 1.54) is 0 Å². The van der Waals surface area contributed by atoms with Gasteiger partial charge < -0.3 is 5.73 Å². The van der Waals surface area contributed by atoms with Crippen molar-refractivity contribution in [2.75, 3.05) is 5.73 Å². The van der Waals surface area contributed by atoms with Gasteiger partial charge in [0.05, 0.1) is 0 Å². The molecule has 0 unspecified atom stereocenters. The maximum absolute atomic E-state index is 12.4. The summed E-state index contributed by atoms with van der Waals surface area (Å²) in [6, 6.07) is 9.97. The molecule has 2 aromatic rings. The Balaban J connectivity index is 2.38. The first kappa shape index (κ1) is 11.0. The highest BCUT2D eigenvalue weighted by Gasteiger charge is 2.31. The molecule has 1 aliphatic rings. The average molecular weight is 255 g/mol. The van der Waals surface area contributed by atoms with Crippen molar-refractivity contribution in [2.24, 2.45) is 0 Å². The molecule has 0 saturated carbocycles. The fourth-order valence-corrected chi connectivity index (χ4v) is 2.48. The first-order valence-electron chi connectivity index (χ1n) is 5.41. The molecule has 0 atom stereocenters. The number of rotatable bonds is 0. The van der Waals surface area contributed by atoms with Crippen molar-refractivity contribution in [2.45, 2.75) is 4.90 Å². The number of thiol groups is 1. The van der Waals surface area contributed by atoms with Crippen LogP contribution in [0.5, 0.6) is 0 Å². The van der Waals surface area contributed by atoms with Gasteiger partial charge in [0.2, 0.25) is 0 Å². The number of benzene rings is 2. The van der Waals surface area contributed by atoms with Gasteiger partial charge in [-0.15, -0.1) is 12.6 Å². The number of carbonyl (C=O) groups is 2. The van der Waals surface area contributed by atoms with Crippen LogP contribution in [-0.4, -0.2) is 11.6 Å². The van der Waals surface area contributed by atoms with Gasteiger partial charge >= 0.3 is 0 Å². The van der Waals surface area contributed by atoms with Gasteiger partial charge in [0, 0.05) is 32.8 Å². The van der Waals surface area contributed by atoms with Crippen molar-refractivity contribution < 1.29 is 9.59 Å². The number of fused-ring (bicyclic) bond motifs is 2. The summed E-state index contributed by atoms with van der Waals surface area (Å²) < 4.78 is 0. The van der Waals surface area contributed by atoms with E-state index in [0.717, 1.165) is 0 Å². The molecule has 3 nitrogen and oxygen atoms in total. The molecule has 0 amide bonds. The molecule has 0 fully saturated rings. The molecule has 0 aliphatic heterocycles. The third-order valence-corrected chi connectivity index (χ3v) is 3.58. The number of carbonyl (C=O) groups excluding carboxylic acids is 2. The van der Waals surface area contributed by atoms with E-state index in [-0.39, 0.29) is 11.6 Å². The molecular weight excluding hydrogens is 246 g/mol. The van der Waals surface area contributed by atoms with Crippen LogP contribution in [0.15, 0.2) is 41.3 Å². The van der Waals surface area contributed by atoms with Crippen LogP contribution in [0, 0.1) is 0 Å². The van der Waals surface area contributed by atoms with Crippen LogP contribution in [0.2, 0.25) is 0 Å². The van der Waals surface area contributed by atoms with E-state index in [4.69, 9.17) is 5.73 Å². The van der Waals surface area contributed by atoms with Gasteiger partial charge in [0.15, 0.2) is 11.6 Å². The lowest BCUT2D eigenvalue weighted by molar-refractivity contribution is 0.0977. The second-order valence-electron chi connectivity index (χ2n) is 4.13. The molecule has 4 heteroatoms. The van der Waals surface area contributed by atoms with Gasteiger partial charge in [-0.3, -0.25) is 9.59 Å². The molecule has 18 heavy (non-hydrogen) atoms. The Morgan fingerprint density at radius 3 is 2.11 bits per heavy atom. The summed E-state index contributed by atoms with van der Waals surface area (Å²) in [6.45, 7) is 0. The van der Waals surface area contributed by atoms with E-state index >= 15 is 0 Å². The molecule has 0 bridgehead atoms. The average Bonchev–Trinajstić information content (AvgIpc) is 2.39. The van der Waals surface area contributed by atoms with Crippen molar-refractivity contribution in [3.05, 3.63) is 58.7 Å². The highest BCUT2D eigenvalue weighted by atomic mass is 32.1. The summed E-state index contributed by atoms with van der Waals surface area (Å²) in [7, 11) is 0.